The average Bonchev–Trinajstić information content (AvgIpc) is 2.40. The SMILES string of the molecule is Nc1cccc2c(N3CCS(=O)CC3)ccnc12. The fraction of sp³-hybridized carbons (Fsp3) is 0.308. The van der Waals surface area contributed by atoms with Gasteiger partial charge in [0.05, 0.1) is 11.2 Å². The Kier molecular flexibility index (Phi) is 2.91. The molecular weight excluding hydrogens is 246 g/mol. The van der Waals surface area contributed by atoms with Gasteiger partial charge in [0, 0.05) is 52.7 Å². The highest BCUT2D eigenvalue weighted by Crippen LogP contribution is 2.28. The zero-order valence-corrected chi connectivity index (χ0v) is 10.8. The van der Waals surface area contributed by atoms with Crippen molar-refractivity contribution >= 4 is 33.1 Å². The van der Waals surface area contributed by atoms with Crippen LogP contribution in [0.2, 0.25) is 0 Å². The van der Waals surface area contributed by atoms with E-state index < -0.39 is 10.8 Å². The Morgan fingerprint density at radius 3 is 2.78 bits per heavy atom. The van der Waals surface area contributed by atoms with Crippen molar-refractivity contribution in [3.63, 3.8) is 0 Å². The number of nitrogens with two attached hydrogens (primary N) is 1. The van der Waals surface area contributed by atoms with Crippen molar-refractivity contribution < 1.29 is 4.21 Å². The monoisotopic (exact) mass is 261 g/mol. The van der Waals surface area contributed by atoms with Gasteiger partial charge in [-0.05, 0) is 12.1 Å². The molecule has 0 unspecified atom stereocenters. The van der Waals surface area contributed by atoms with Crippen LogP contribution >= 0.6 is 0 Å². The molecule has 94 valence electrons. The second kappa shape index (κ2) is 4.57. The molecule has 0 saturated carbocycles. The van der Waals surface area contributed by atoms with Crippen LogP contribution < -0.4 is 10.6 Å². The van der Waals surface area contributed by atoms with Gasteiger partial charge in [-0.3, -0.25) is 9.19 Å². The number of pyridine rings is 1. The minimum atomic E-state index is -0.655. The largest absolute Gasteiger partial charge is 0.397 e. The number of benzene rings is 1. The molecule has 1 saturated heterocycles. The molecule has 0 amide bonds. The molecule has 0 spiro atoms. The Hall–Kier alpha value is -1.62. The average molecular weight is 261 g/mol. The van der Waals surface area contributed by atoms with Gasteiger partial charge in [0.25, 0.3) is 0 Å². The Bertz CT molecular complexity index is 604. The van der Waals surface area contributed by atoms with Crippen LogP contribution in [0.25, 0.3) is 10.9 Å². The fourth-order valence-electron chi connectivity index (χ4n) is 2.34. The first-order valence-corrected chi connectivity index (χ1v) is 7.47. The maximum atomic E-state index is 11.4. The lowest BCUT2D eigenvalue weighted by Gasteiger charge is -2.29. The van der Waals surface area contributed by atoms with Gasteiger partial charge in [0.1, 0.15) is 0 Å². The minimum absolute atomic E-state index is 0.655. The number of fused-ring (bicyclic) bond motifs is 1. The topological polar surface area (TPSA) is 59.2 Å². The van der Waals surface area contributed by atoms with Crippen molar-refractivity contribution in [3.05, 3.63) is 30.5 Å². The number of anilines is 2. The molecule has 0 aliphatic carbocycles. The number of rotatable bonds is 1. The third-order valence-electron chi connectivity index (χ3n) is 3.30. The zero-order valence-electron chi connectivity index (χ0n) is 10.0. The van der Waals surface area contributed by atoms with Crippen molar-refractivity contribution in [2.24, 2.45) is 0 Å². The lowest BCUT2D eigenvalue weighted by molar-refractivity contribution is 0.673. The van der Waals surface area contributed by atoms with Crippen molar-refractivity contribution in [3.8, 4) is 0 Å². The van der Waals surface area contributed by atoms with Gasteiger partial charge in [0.2, 0.25) is 0 Å². The number of aromatic nitrogens is 1. The van der Waals surface area contributed by atoms with Gasteiger partial charge in [-0.1, -0.05) is 12.1 Å². The fourth-order valence-corrected chi connectivity index (χ4v) is 3.39. The van der Waals surface area contributed by atoms with Gasteiger partial charge in [-0.25, -0.2) is 0 Å². The van der Waals surface area contributed by atoms with Crippen LogP contribution in [0.5, 0.6) is 0 Å². The van der Waals surface area contributed by atoms with Crippen LogP contribution in [0.1, 0.15) is 0 Å². The van der Waals surface area contributed by atoms with Gasteiger partial charge in [-0.15, -0.1) is 0 Å². The molecule has 2 N–H and O–H groups in total. The van der Waals surface area contributed by atoms with E-state index in [0.29, 0.717) is 5.69 Å². The van der Waals surface area contributed by atoms with E-state index in [1.165, 1.54) is 0 Å². The highest BCUT2D eigenvalue weighted by atomic mass is 32.2. The lowest BCUT2D eigenvalue weighted by Crippen LogP contribution is -2.37. The van der Waals surface area contributed by atoms with Crippen LogP contribution in [-0.4, -0.2) is 33.8 Å². The van der Waals surface area contributed by atoms with Gasteiger partial charge in [-0.2, -0.15) is 0 Å². The second-order valence-corrected chi connectivity index (χ2v) is 6.10. The number of nitrogens with zero attached hydrogens (tertiary/aromatic N) is 2. The molecule has 1 aliphatic heterocycles. The van der Waals surface area contributed by atoms with Gasteiger partial charge < -0.3 is 10.6 Å². The van der Waals surface area contributed by atoms with Gasteiger partial charge in [0.15, 0.2) is 0 Å². The summed E-state index contributed by atoms with van der Waals surface area (Å²) in [6.45, 7) is 1.67. The van der Waals surface area contributed by atoms with E-state index in [4.69, 9.17) is 5.73 Å². The molecule has 4 nitrogen and oxygen atoms in total. The minimum Gasteiger partial charge on any atom is -0.397 e. The number of hydrogen-bond donors (Lipinski definition) is 1. The van der Waals surface area contributed by atoms with Gasteiger partial charge >= 0.3 is 0 Å². The van der Waals surface area contributed by atoms with Crippen LogP contribution in [0.3, 0.4) is 0 Å². The highest BCUT2D eigenvalue weighted by molar-refractivity contribution is 7.85. The molecule has 1 fully saturated rings. The third kappa shape index (κ3) is 1.95. The van der Waals surface area contributed by atoms with Crippen LogP contribution in [0, 0.1) is 0 Å². The van der Waals surface area contributed by atoms with Crippen molar-refractivity contribution in [2.45, 2.75) is 0 Å². The quantitative estimate of drug-likeness (QED) is 0.788. The molecule has 5 heteroatoms. The summed E-state index contributed by atoms with van der Waals surface area (Å²) >= 11 is 0. The van der Waals surface area contributed by atoms with E-state index in [9.17, 15) is 4.21 Å². The van der Waals surface area contributed by atoms with Crippen LogP contribution in [0.4, 0.5) is 11.4 Å². The zero-order chi connectivity index (χ0) is 12.5. The number of nitrogen functional groups attached to an aromatic ring is 1. The first-order chi connectivity index (χ1) is 8.75. The summed E-state index contributed by atoms with van der Waals surface area (Å²) < 4.78 is 11.4. The Morgan fingerprint density at radius 1 is 1.22 bits per heavy atom. The molecule has 1 aromatic heterocycles. The molecule has 1 aliphatic rings. The summed E-state index contributed by atoms with van der Waals surface area (Å²) in [5.74, 6) is 1.48. The van der Waals surface area contributed by atoms with E-state index in [1.807, 2.05) is 24.3 Å². The molecule has 0 bridgehead atoms. The van der Waals surface area contributed by atoms with E-state index in [-0.39, 0.29) is 0 Å². The normalized spacial score (nSPS) is 17.2. The maximum Gasteiger partial charge on any atom is 0.0951 e. The van der Waals surface area contributed by atoms with Crippen molar-refractivity contribution in [2.75, 3.05) is 35.2 Å². The first-order valence-electron chi connectivity index (χ1n) is 5.99. The van der Waals surface area contributed by atoms with E-state index in [0.717, 1.165) is 41.2 Å². The summed E-state index contributed by atoms with van der Waals surface area (Å²) in [5, 5.41) is 1.07. The molecule has 2 heterocycles. The number of para-hydroxylation sites is 1. The summed E-state index contributed by atoms with van der Waals surface area (Å²) in [5.41, 5.74) is 8.64. The van der Waals surface area contributed by atoms with E-state index in [2.05, 4.69) is 9.88 Å². The lowest BCUT2D eigenvalue weighted by atomic mass is 10.1. The smallest absolute Gasteiger partial charge is 0.0951 e. The van der Waals surface area contributed by atoms with Crippen LogP contribution in [0.15, 0.2) is 30.5 Å². The second-order valence-electron chi connectivity index (χ2n) is 4.41. The summed E-state index contributed by atoms with van der Waals surface area (Å²) in [7, 11) is -0.655. The van der Waals surface area contributed by atoms with Crippen molar-refractivity contribution in [1.29, 1.82) is 0 Å². The highest BCUT2D eigenvalue weighted by Gasteiger charge is 2.17. The van der Waals surface area contributed by atoms with Crippen LogP contribution in [-0.2, 0) is 10.8 Å². The molecular formula is C13H15N3OS. The standard InChI is InChI=1S/C13H15N3OS/c14-11-3-1-2-10-12(4-5-15-13(10)11)16-6-8-18(17)9-7-16/h1-5H,6-9,14H2. The Balaban J connectivity index is 2.07. The van der Waals surface area contributed by atoms with E-state index in [1.54, 1.807) is 6.20 Å². The first kappa shape index (κ1) is 11.5. The van der Waals surface area contributed by atoms with Crippen molar-refractivity contribution in [1.82, 2.24) is 4.98 Å². The Morgan fingerprint density at radius 2 is 2.00 bits per heavy atom. The molecule has 18 heavy (non-hydrogen) atoms. The summed E-state index contributed by atoms with van der Waals surface area (Å²) in [6, 6.07) is 7.87. The predicted octanol–water partition coefficient (Wildman–Crippen LogP) is 1.39. The molecule has 2 aromatic rings. The molecule has 0 radical (unpaired) electrons. The summed E-state index contributed by atoms with van der Waals surface area (Å²) in [6.07, 6.45) is 1.79. The maximum absolute atomic E-state index is 11.4. The molecule has 1 aromatic carbocycles. The summed E-state index contributed by atoms with van der Waals surface area (Å²) in [4.78, 5) is 6.61. The Labute approximate surface area is 108 Å². The third-order valence-corrected chi connectivity index (χ3v) is 4.57. The molecule has 3 rings (SSSR count). The number of hydrogen-bond acceptors (Lipinski definition) is 4. The predicted molar refractivity (Wildman–Crippen MR) is 76.2 cm³/mol. The van der Waals surface area contributed by atoms with E-state index >= 15 is 0 Å². The molecule has 0 atom stereocenters.